The first kappa shape index (κ1) is 13.8. The SMILES string of the molecule is C#C[c-]1cccc1.CC[c-]1[cH-][cH-][cH-][cH-]1.[Fe]. The van der Waals surface area contributed by atoms with Gasteiger partial charge in [0.25, 0.3) is 0 Å². The van der Waals surface area contributed by atoms with Crippen LogP contribution in [0.2, 0.25) is 0 Å². The van der Waals surface area contributed by atoms with Crippen molar-refractivity contribution in [2.75, 3.05) is 0 Å². The van der Waals surface area contributed by atoms with Gasteiger partial charge in [0.2, 0.25) is 0 Å². The second-order valence-corrected chi connectivity index (χ2v) is 2.96. The van der Waals surface area contributed by atoms with Crippen LogP contribution in [-0.4, -0.2) is 0 Å². The van der Waals surface area contributed by atoms with Gasteiger partial charge in [-0.1, -0.05) is 12.5 Å². The Morgan fingerprint density at radius 1 is 1.20 bits per heavy atom. The van der Waals surface area contributed by atoms with E-state index in [4.69, 9.17) is 6.42 Å². The molecule has 2 aromatic rings. The van der Waals surface area contributed by atoms with Crippen LogP contribution in [0.3, 0.4) is 0 Å². The first-order valence-electron chi connectivity index (χ1n) is 4.75. The summed E-state index contributed by atoms with van der Waals surface area (Å²) in [6.07, 6.45) is 6.20. The van der Waals surface area contributed by atoms with Crippen molar-refractivity contribution in [3.8, 4) is 12.3 Å². The predicted octanol–water partition coefficient (Wildman–Crippen LogP) is 3.35. The third-order valence-electron chi connectivity index (χ3n) is 1.97. The molecule has 0 aliphatic heterocycles. The van der Waals surface area contributed by atoms with Gasteiger partial charge in [-0.3, -0.25) is 0 Å². The van der Waals surface area contributed by atoms with Crippen LogP contribution in [-0.2, 0) is 23.5 Å². The zero-order chi connectivity index (χ0) is 10.2. The van der Waals surface area contributed by atoms with Gasteiger partial charge in [0, 0.05) is 17.1 Å². The maximum absolute atomic E-state index is 5.04. The summed E-state index contributed by atoms with van der Waals surface area (Å²) in [6, 6.07) is 16.1. The number of aryl methyl sites for hydroxylation is 1. The molecule has 0 aliphatic rings. The first-order valence-corrected chi connectivity index (χ1v) is 4.75. The van der Waals surface area contributed by atoms with Gasteiger partial charge in [0.15, 0.2) is 0 Å². The number of hydrogen-bond donors (Lipinski definition) is 0. The van der Waals surface area contributed by atoms with Crippen molar-refractivity contribution >= 4 is 0 Å². The summed E-state index contributed by atoms with van der Waals surface area (Å²) in [6.45, 7) is 2.16. The molecule has 0 bridgehead atoms. The fraction of sp³-hybridized carbons (Fsp3) is 0.143. The largest absolute Gasteiger partial charge is 0.748 e. The van der Waals surface area contributed by atoms with E-state index < -0.39 is 0 Å². The topological polar surface area (TPSA) is 0 Å². The van der Waals surface area contributed by atoms with Gasteiger partial charge in [-0.05, 0) is 0 Å². The average molecular weight is 238 g/mol. The molecule has 0 amide bonds. The number of hydrogen-bond acceptors (Lipinski definition) is 0. The molecule has 0 N–H and O–H groups in total. The standard InChI is InChI=1S/C7H9.C7H5.Fe/c2*1-2-7-5-3-4-6-7;/h3-6H,2H2,1H3;1,3-6H;/q-5;-1;. The molecule has 15 heavy (non-hydrogen) atoms. The van der Waals surface area contributed by atoms with Gasteiger partial charge >= 0.3 is 0 Å². The van der Waals surface area contributed by atoms with E-state index in [2.05, 4.69) is 37.1 Å². The molecule has 1 heteroatoms. The summed E-state index contributed by atoms with van der Waals surface area (Å²) >= 11 is 0. The number of rotatable bonds is 1. The van der Waals surface area contributed by atoms with Crippen LogP contribution in [0.1, 0.15) is 18.1 Å². The van der Waals surface area contributed by atoms with Crippen molar-refractivity contribution in [3.63, 3.8) is 0 Å². The van der Waals surface area contributed by atoms with Crippen LogP contribution in [0.25, 0.3) is 0 Å². The Bertz CT molecular complexity index is 360. The molecule has 2 rings (SSSR count). The van der Waals surface area contributed by atoms with Crippen molar-refractivity contribution in [1.29, 1.82) is 0 Å². The second-order valence-electron chi connectivity index (χ2n) is 2.96. The van der Waals surface area contributed by atoms with E-state index in [0.717, 1.165) is 12.0 Å². The van der Waals surface area contributed by atoms with Crippen LogP contribution < -0.4 is 0 Å². The molecular weight excluding hydrogens is 224 g/mol. The van der Waals surface area contributed by atoms with E-state index in [1.165, 1.54) is 5.56 Å². The Labute approximate surface area is 103 Å². The zero-order valence-electron chi connectivity index (χ0n) is 8.76. The van der Waals surface area contributed by atoms with Crippen molar-refractivity contribution in [2.24, 2.45) is 0 Å². The second kappa shape index (κ2) is 8.12. The van der Waals surface area contributed by atoms with Gasteiger partial charge in [0.05, 0.1) is 0 Å². The van der Waals surface area contributed by atoms with Crippen molar-refractivity contribution in [2.45, 2.75) is 13.3 Å². The summed E-state index contributed by atoms with van der Waals surface area (Å²) in [5.41, 5.74) is 2.39. The van der Waals surface area contributed by atoms with Gasteiger partial charge in [0.1, 0.15) is 0 Å². The minimum atomic E-state index is 0. The summed E-state index contributed by atoms with van der Waals surface area (Å²) in [5, 5.41) is 0. The fourth-order valence-corrected chi connectivity index (χ4v) is 1.12. The maximum Gasteiger partial charge on any atom is 0 e. The van der Waals surface area contributed by atoms with E-state index in [-0.39, 0.29) is 17.1 Å². The van der Waals surface area contributed by atoms with E-state index in [1.807, 2.05) is 24.3 Å². The number of terminal acetylenes is 1. The summed E-state index contributed by atoms with van der Waals surface area (Å²) in [5.74, 6) is 2.51. The van der Waals surface area contributed by atoms with E-state index in [1.54, 1.807) is 0 Å². The molecule has 0 atom stereocenters. The molecule has 0 aliphatic carbocycles. The molecule has 0 unspecified atom stereocenters. The van der Waals surface area contributed by atoms with Gasteiger partial charge in [-0.2, -0.15) is 18.1 Å². The molecule has 0 saturated heterocycles. The Kier molecular flexibility index (Phi) is 7.46. The minimum Gasteiger partial charge on any atom is -0.748 e. The van der Waals surface area contributed by atoms with E-state index in [0.29, 0.717) is 0 Å². The minimum absolute atomic E-state index is 0. The molecule has 0 spiro atoms. The van der Waals surface area contributed by atoms with E-state index >= 15 is 0 Å². The summed E-state index contributed by atoms with van der Waals surface area (Å²) in [7, 11) is 0. The monoisotopic (exact) mass is 238 g/mol. The Balaban J connectivity index is 0.000000245. The molecule has 84 valence electrons. The zero-order valence-corrected chi connectivity index (χ0v) is 9.86. The smallest absolute Gasteiger partial charge is 0 e. The van der Waals surface area contributed by atoms with E-state index in [9.17, 15) is 0 Å². The third-order valence-corrected chi connectivity index (χ3v) is 1.97. The normalized spacial score (nSPS) is 8.00. The molecule has 0 saturated carbocycles. The third kappa shape index (κ3) is 5.27. The predicted molar refractivity (Wildman–Crippen MR) is 61.4 cm³/mol. The van der Waals surface area contributed by atoms with Crippen LogP contribution in [0.4, 0.5) is 0 Å². The Morgan fingerprint density at radius 2 is 1.73 bits per heavy atom. The van der Waals surface area contributed by atoms with Crippen LogP contribution >= 0.6 is 0 Å². The molecule has 0 nitrogen and oxygen atoms in total. The molecule has 0 radical (unpaired) electrons. The molecular formula is C14H14Fe-6. The molecule has 0 aromatic heterocycles. The van der Waals surface area contributed by atoms with Gasteiger partial charge in [-0.25, -0.2) is 12.8 Å². The average Bonchev–Trinajstić information content (AvgIpc) is 2.92. The maximum atomic E-state index is 5.04. The summed E-state index contributed by atoms with van der Waals surface area (Å²) in [4.78, 5) is 0. The molecule has 0 heterocycles. The first-order chi connectivity index (χ1) is 6.86. The van der Waals surface area contributed by atoms with Crippen LogP contribution in [0.5, 0.6) is 0 Å². The molecule has 2 aromatic carbocycles. The van der Waals surface area contributed by atoms with Gasteiger partial charge in [-0.15, -0.1) is 12.1 Å². The quantitative estimate of drug-likeness (QED) is 0.406. The fourth-order valence-electron chi connectivity index (χ4n) is 1.12. The van der Waals surface area contributed by atoms with Crippen LogP contribution in [0.15, 0.2) is 48.5 Å². The molecule has 0 fully saturated rings. The Hall–Kier alpha value is -1.22. The van der Waals surface area contributed by atoms with Crippen molar-refractivity contribution in [1.82, 2.24) is 0 Å². The summed E-state index contributed by atoms with van der Waals surface area (Å²) < 4.78 is 0. The van der Waals surface area contributed by atoms with Gasteiger partial charge < -0.3 is 29.8 Å². The van der Waals surface area contributed by atoms with Crippen LogP contribution in [0, 0.1) is 12.3 Å². The Morgan fingerprint density at radius 3 is 2.00 bits per heavy atom. The van der Waals surface area contributed by atoms with Crippen molar-refractivity contribution < 1.29 is 17.1 Å². The van der Waals surface area contributed by atoms with Crippen molar-refractivity contribution in [3.05, 3.63) is 59.7 Å².